The lowest BCUT2D eigenvalue weighted by Gasteiger charge is -2.11. The third-order valence-corrected chi connectivity index (χ3v) is 3.45. The van der Waals surface area contributed by atoms with E-state index in [2.05, 4.69) is 6.07 Å². The second-order valence-electron chi connectivity index (χ2n) is 5.13. The molecule has 0 N–H and O–H groups in total. The highest BCUT2D eigenvalue weighted by molar-refractivity contribution is 5.32. The SMILES string of the molecule is CCOc1ccc(C(C#N)CCCOc2cccc(F)c2)cc1. The molecule has 0 spiro atoms. The molecule has 0 bridgehead atoms. The number of hydrogen-bond donors (Lipinski definition) is 0. The lowest BCUT2D eigenvalue weighted by molar-refractivity contribution is 0.303. The smallest absolute Gasteiger partial charge is 0.126 e. The first-order valence-electron chi connectivity index (χ1n) is 7.73. The fourth-order valence-corrected chi connectivity index (χ4v) is 2.30. The first-order valence-corrected chi connectivity index (χ1v) is 7.73. The van der Waals surface area contributed by atoms with Crippen LogP contribution in [0, 0.1) is 17.1 Å². The Kier molecular flexibility index (Phi) is 6.43. The highest BCUT2D eigenvalue weighted by Crippen LogP contribution is 2.23. The van der Waals surface area contributed by atoms with Gasteiger partial charge < -0.3 is 9.47 Å². The van der Waals surface area contributed by atoms with Gasteiger partial charge in [-0.3, -0.25) is 0 Å². The van der Waals surface area contributed by atoms with E-state index in [1.165, 1.54) is 12.1 Å². The maximum absolute atomic E-state index is 13.0. The number of halogens is 1. The van der Waals surface area contributed by atoms with Gasteiger partial charge >= 0.3 is 0 Å². The van der Waals surface area contributed by atoms with Gasteiger partial charge in [0.1, 0.15) is 17.3 Å². The molecule has 0 radical (unpaired) electrons. The van der Waals surface area contributed by atoms with Crippen molar-refractivity contribution in [1.82, 2.24) is 0 Å². The van der Waals surface area contributed by atoms with E-state index >= 15 is 0 Å². The molecule has 23 heavy (non-hydrogen) atoms. The Morgan fingerprint density at radius 2 is 1.87 bits per heavy atom. The van der Waals surface area contributed by atoms with E-state index in [1.807, 2.05) is 31.2 Å². The summed E-state index contributed by atoms with van der Waals surface area (Å²) in [5.74, 6) is 0.829. The Balaban J connectivity index is 1.82. The van der Waals surface area contributed by atoms with Gasteiger partial charge in [0, 0.05) is 6.07 Å². The second-order valence-corrected chi connectivity index (χ2v) is 5.13. The normalized spacial score (nSPS) is 11.5. The van der Waals surface area contributed by atoms with E-state index in [1.54, 1.807) is 12.1 Å². The van der Waals surface area contributed by atoms with Gasteiger partial charge in [0.05, 0.1) is 25.2 Å². The maximum atomic E-state index is 13.0. The highest BCUT2D eigenvalue weighted by atomic mass is 19.1. The van der Waals surface area contributed by atoms with Crippen LogP contribution in [0.25, 0.3) is 0 Å². The Hall–Kier alpha value is -2.54. The number of ether oxygens (including phenoxy) is 2. The van der Waals surface area contributed by atoms with E-state index in [9.17, 15) is 9.65 Å². The number of rotatable bonds is 8. The molecule has 3 nitrogen and oxygen atoms in total. The van der Waals surface area contributed by atoms with E-state index in [4.69, 9.17) is 9.47 Å². The fourth-order valence-electron chi connectivity index (χ4n) is 2.30. The summed E-state index contributed by atoms with van der Waals surface area (Å²) < 4.78 is 23.9. The van der Waals surface area contributed by atoms with Crippen molar-refractivity contribution in [3.05, 3.63) is 59.9 Å². The number of nitriles is 1. The molecule has 1 atom stereocenters. The molecule has 0 heterocycles. The molecule has 0 amide bonds. The summed E-state index contributed by atoms with van der Waals surface area (Å²) in [6.07, 6.45) is 1.42. The average Bonchev–Trinajstić information content (AvgIpc) is 2.56. The van der Waals surface area contributed by atoms with Crippen molar-refractivity contribution in [3.8, 4) is 17.6 Å². The van der Waals surface area contributed by atoms with Crippen LogP contribution in [0.5, 0.6) is 11.5 Å². The minimum Gasteiger partial charge on any atom is -0.494 e. The summed E-state index contributed by atoms with van der Waals surface area (Å²) in [5, 5.41) is 9.33. The molecule has 120 valence electrons. The zero-order valence-electron chi connectivity index (χ0n) is 13.2. The van der Waals surface area contributed by atoms with E-state index in [-0.39, 0.29) is 11.7 Å². The van der Waals surface area contributed by atoms with Gasteiger partial charge in [0.25, 0.3) is 0 Å². The molecule has 0 aromatic heterocycles. The van der Waals surface area contributed by atoms with Crippen LogP contribution >= 0.6 is 0 Å². The molecule has 0 saturated carbocycles. The molecule has 0 saturated heterocycles. The van der Waals surface area contributed by atoms with Gasteiger partial charge in [-0.1, -0.05) is 18.2 Å². The molecule has 2 aromatic carbocycles. The third-order valence-electron chi connectivity index (χ3n) is 3.45. The fraction of sp³-hybridized carbons (Fsp3) is 0.316. The van der Waals surface area contributed by atoms with Crippen LogP contribution in [0.3, 0.4) is 0 Å². The molecular formula is C19H20FNO2. The highest BCUT2D eigenvalue weighted by Gasteiger charge is 2.10. The van der Waals surface area contributed by atoms with E-state index in [0.29, 0.717) is 25.4 Å². The zero-order valence-corrected chi connectivity index (χ0v) is 13.2. The Morgan fingerprint density at radius 3 is 2.52 bits per heavy atom. The Labute approximate surface area is 136 Å². The third kappa shape index (κ3) is 5.30. The summed E-state index contributed by atoms with van der Waals surface area (Å²) >= 11 is 0. The molecule has 0 aliphatic rings. The van der Waals surface area contributed by atoms with Crippen LogP contribution in [0.1, 0.15) is 31.2 Å². The second kappa shape index (κ2) is 8.79. The topological polar surface area (TPSA) is 42.2 Å². The van der Waals surface area contributed by atoms with Crippen LogP contribution in [-0.2, 0) is 0 Å². The predicted octanol–water partition coefficient (Wildman–Crippen LogP) is 4.69. The minimum atomic E-state index is -0.313. The zero-order chi connectivity index (χ0) is 16.5. The number of benzene rings is 2. The molecule has 1 unspecified atom stereocenters. The summed E-state index contributed by atoms with van der Waals surface area (Å²) in [6.45, 7) is 3.02. The molecule has 0 fully saturated rings. The van der Waals surface area contributed by atoms with Gasteiger partial charge in [0.2, 0.25) is 0 Å². The largest absolute Gasteiger partial charge is 0.494 e. The molecule has 2 rings (SSSR count). The Morgan fingerprint density at radius 1 is 1.09 bits per heavy atom. The van der Waals surface area contributed by atoms with Crippen LogP contribution in [-0.4, -0.2) is 13.2 Å². The molecule has 0 aliphatic carbocycles. The van der Waals surface area contributed by atoms with Crippen LogP contribution < -0.4 is 9.47 Å². The standard InChI is InChI=1S/C19H20FNO2/c1-2-22-18-10-8-15(9-11-18)16(14-21)5-4-12-23-19-7-3-6-17(20)13-19/h3,6-11,13,16H,2,4-5,12H2,1H3. The lowest BCUT2D eigenvalue weighted by Crippen LogP contribution is -2.02. The van der Waals surface area contributed by atoms with Gasteiger partial charge in [-0.15, -0.1) is 0 Å². The van der Waals surface area contributed by atoms with Gasteiger partial charge in [-0.25, -0.2) is 4.39 Å². The monoisotopic (exact) mass is 313 g/mol. The van der Waals surface area contributed by atoms with E-state index < -0.39 is 0 Å². The average molecular weight is 313 g/mol. The van der Waals surface area contributed by atoms with Crippen molar-refractivity contribution >= 4 is 0 Å². The molecule has 0 aliphatic heterocycles. The van der Waals surface area contributed by atoms with Crippen molar-refractivity contribution in [3.63, 3.8) is 0 Å². The van der Waals surface area contributed by atoms with Gasteiger partial charge in [-0.2, -0.15) is 5.26 Å². The van der Waals surface area contributed by atoms with Crippen molar-refractivity contribution < 1.29 is 13.9 Å². The van der Waals surface area contributed by atoms with Crippen molar-refractivity contribution in [2.45, 2.75) is 25.7 Å². The van der Waals surface area contributed by atoms with Crippen molar-refractivity contribution in [2.24, 2.45) is 0 Å². The van der Waals surface area contributed by atoms with Crippen LogP contribution in [0.4, 0.5) is 4.39 Å². The molecule has 4 heteroatoms. The minimum absolute atomic E-state index is 0.179. The van der Waals surface area contributed by atoms with Gasteiger partial charge in [0.15, 0.2) is 0 Å². The summed E-state index contributed by atoms with van der Waals surface area (Å²) in [5.41, 5.74) is 0.974. The first kappa shape index (κ1) is 16.8. The van der Waals surface area contributed by atoms with Crippen LogP contribution in [0.2, 0.25) is 0 Å². The Bertz CT molecular complexity index is 649. The van der Waals surface area contributed by atoms with E-state index in [0.717, 1.165) is 17.7 Å². The predicted molar refractivity (Wildman–Crippen MR) is 87.1 cm³/mol. The summed E-state index contributed by atoms with van der Waals surface area (Å²) in [4.78, 5) is 0. The quantitative estimate of drug-likeness (QED) is 0.664. The van der Waals surface area contributed by atoms with Gasteiger partial charge in [-0.05, 0) is 49.6 Å². The summed E-state index contributed by atoms with van der Waals surface area (Å²) in [6, 6.07) is 16.0. The number of hydrogen-bond acceptors (Lipinski definition) is 3. The molecular weight excluding hydrogens is 293 g/mol. The van der Waals surface area contributed by atoms with Crippen molar-refractivity contribution in [2.75, 3.05) is 13.2 Å². The first-order chi connectivity index (χ1) is 11.2. The maximum Gasteiger partial charge on any atom is 0.126 e. The summed E-state index contributed by atoms with van der Waals surface area (Å²) in [7, 11) is 0. The van der Waals surface area contributed by atoms with Crippen molar-refractivity contribution in [1.29, 1.82) is 5.26 Å². The molecule has 2 aromatic rings. The lowest BCUT2D eigenvalue weighted by atomic mass is 9.96. The number of nitrogens with zero attached hydrogens (tertiary/aromatic N) is 1. The van der Waals surface area contributed by atoms with Crippen LogP contribution in [0.15, 0.2) is 48.5 Å².